The Kier molecular flexibility index (Phi) is 3.38. The fourth-order valence-corrected chi connectivity index (χ4v) is 2.64. The Morgan fingerprint density at radius 2 is 2.25 bits per heavy atom. The number of aromatic nitrogens is 1. The maximum absolute atomic E-state index is 11.8. The molecule has 1 aliphatic carbocycles. The molecule has 1 fully saturated rings. The average Bonchev–Trinajstić information content (AvgIpc) is 2.85. The number of rotatable bonds is 3. The molecule has 1 amide bonds. The summed E-state index contributed by atoms with van der Waals surface area (Å²) in [6.45, 7) is 3.04. The second-order valence-electron chi connectivity index (χ2n) is 4.93. The van der Waals surface area contributed by atoms with E-state index in [9.17, 15) is 4.79 Å². The lowest BCUT2D eigenvalue weighted by atomic mass is 9.89. The van der Waals surface area contributed by atoms with Crippen LogP contribution >= 0.6 is 15.9 Å². The van der Waals surface area contributed by atoms with Crippen molar-refractivity contribution in [3.63, 3.8) is 0 Å². The number of carbonyl (C=O) groups is 1. The summed E-state index contributed by atoms with van der Waals surface area (Å²) in [4.78, 5) is 14.7. The van der Waals surface area contributed by atoms with Crippen molar-refractivity contribution in [2.24, 2.45) is 5.41 Å². The van der Waals surface area contributed by atoms with E-state index in [0.717, 1.165) is 11.0 Å². The first-order chi connectivity index (χ1) is 7.59. The first-order valence-electron chi connectivity index (χ1n) is 5.71. The van der Waals surface area contributed by atoms with Crippen LogP contribution in [0.4, 0.5) is 0 Å². The molecule has 4 heteroatoms. The van der Waals surface area contributed by atoms with Crippen LogP contribution in [0.15, 0.2) is 16.7 Å². The monoisotopic (exact) mass is 284 g/mol. The first kappa shape index (κ1) is 11.7. The SMILES string of the molecule is CC1(CNC(=O)c2cc(Br)c[nH]2)CCCC1. The van der Waals surface area contributed by atoms with Gasteiger partial charge in [-0.1, -0.05) is 19.8 Å². The Hall–Kier alpha value is -0.770. The van der Waals surface area contributed by atoms with Crippen molar-refractivity contribution in [3.8, 4) is 0 Å². The number of hydrogen-bond donors (Lipinski definition) is 2. The van der Waals surface area contributed by atoms with Crippen molar-refractivity contribution in [1.29, 1.82) is 0 Å². The molecular formula is C12H17BrN2O. The van der Waals surface area contributed by atoms with Gasteiger partial charge in [-0.05, 0) is 40.3 Å². The number of hydrogen-bond acceptors (Lipinski definition) is 1. The van der Waals surface area contributed by atoms with Crippen LogP contribution in [0.3, 0.4) is 0 Å². The van der Waals surface area contributed by atoms with Gasteiger partial charge in [0.05, 0.1) is 0 Å². The van der Waals surface area contributed by atoms with Crippen LogP contribution in [0.25, 0.3) is 0 Å². The number of amides is 1. The molecule has 16 heavy (non-hydrogen) atoms. The van der Waals surface area contributed by atoms with E-state index >= 15 is 0 Å². The topological polar surface area (TPSA) is 44.9 Å². The maximum atomic E-state index is 11.8. The Morgan fingerprint density at radius 1 is 1.56 bits per heavy atom. The second-order valence-corrected chi connectivity index (χ2v) is 5.85. The summed E-state index contributed by atoms with van der Waals surface area (Å²) in [5, 5.41) is 3.00. The molecule has 0 spiro atoms. The van der Waals surface area contributed by atoms with E-state index in [-0.39, 0.29) is 5.91 Å². The highest BCUT2D eigenvalue weighted by molar-refractivity contribution is 9.10. The summed E-state index contributed by atoms with van der Waals surface area (Å²) in [5.74, 6) is -0.0150. The van der Waals surface area contributed by atoms with Crippen molar-refractivity contribution in [3.05, 3.63) is 22.4 Å². The molecule has 1 saturated carbocycles. The number of carbonyl (C=O) groups excluding carboxylic acids is 1. The van der Waals surface area contributed by atoms with Crippen LogP contribution in [-0.4, -0.2) is 17.4 Å². The molecule has 0 aliphatic heterocycles. The smallest absolute Gasteiger partial charge is 0.267 e. The molecule has 1 aromatic heterocycles. The van der Waals surface area contributed by atoms with Gasteiger partial charge in [0.15, 0.2) is 0 Å². The fraction of sp³-hybridized carbons (Fsp3) is 0.583. The second kappa shape index (κ2) is 4.62. The molecule has 1 aromatic rings. The minimum absolute atomic E-state index is 0.0150. The third-order valence-corrected chi connectivity index (χ3v) is 3.84. The molecule has 88 valence electrons. The van der Waals surface area contributed by atoms with Crippen LogP contribution in [0.5, 0.6) is 0 Å². The number of aromatic amines is 1. The van der Waals surface area contributed by atoms with Crippen LogP contribution in [0.2, 0.25) is 0 Å². The summed E-state index contributed by atoms with van der Waals surface area (Å²) < 4.78 is 0.907. The van der Waals surface area contributed by atoms with E-state index in [1.54, 1.807) is 12.3 Å². The van der Waals surface area contributed by atoms with Crippen LogP contribution in [0.1, 0.15) is 43.1 Å². The van der Waals surface area contributed by atoms with Gasteiger partial charge >= 0.3 is 0 Å². The van der Waals surface area contributed by atoms with E-state index in [1.807, 2.05) is 0 Å². The van der Waals surface area contributed by atoms with Crippen molar-refractivity contribution in [2.45, 2.75) is 32.6 Å². The van der Waals surface area contributed by atoms with Crippen LogP contribution in [0, 0.1) is 5.41 Å². The molecule has 2 rings (SSSR count). The normalized spacial score (nSPS) is 18.6. The minimum Gasteiger partial charge on any atom is -0.356 e. The lowest BCUT2D eigenvalue weighted by Gasteiger charge is -2.23. The van der Waals surface area contributed by atoms with E-state index in [2.05, 4.69) is 33.2 Å². The predicted molar refractivity (Wildman–Crippen MR) is 67.4 cm³/mol. The maximum Gasteiger partial charge on any atom is 0.267 e. The molecule has 0 unspecified atom stereocenters. The van der Waals surface area contributed by atoms with Gasteiger partial charge in [-0.2, -0.15) is 0 Å². The standard InChI is InChI=1S/C12H17BrN2O/c1-12(4-2-3-5-12)8-15-11(16)10-6-9(13)7-14-10/h6-7,14H,2-5,8H2,1H3,(H,15,16). The summed E-state index contributed by atoms with van der Waals surface area (Å²) in [5.41, 5.74) is 0.924. The lowest BCUT2D eigenvalue weighted by Crippen LogP contribution is -2.34. The first-order valence-corrected chi connectivity index (χ1v) is 6.51. The van der Waals surface area contributed by atoms with Crippen molar-refractivity contribution in [2.75, 3.05) is 6.54 Å². The molecule has 3 nitrogen and oxygen atoms in total. The number of nitrogens with one attached hydrogen (secondary N) is 2. The van der Waals surface area contributed by atoms with Crippen LogP contribution < -0.4 is 5.32 Å². The zero-order chi connectivity index (χ0) is 11.6. The van der Waals surface area contributed by atoms with E-state index in [1.165, 1.54) is 25.7 Å². The highest BCUT2D eigenvalue weighted by Gasteiger charge is 2.29. The Labute approximate surface area is 104 Å². The lowest BCUT2D eigenvalue weighted by molar-refractivity contribution is 0.0930. The summed E-state index contributed by atoms with van der Waals surface area (Å²) in [7, 11) is 0. The Morgan fingerprint density at radius 3 is 2.81 bits per heavy atom. The fourth-order valence-electron chi connectivity index (χ4n) is 2.29. The van der Waals surface area contributed by atoms with Crippen molar-refractivity contribution >= 4 is 21.8 Å². The van der Waals surface area contributed by atoms with Crippen LogP contribution in [-0.2, 0) is 0 Å². The molecule has 0 radical (unpaired) electrons. The van der Waals surface area contributed by atoms with Gasteiger partial charge in [0.1, 0.15) is 5.69 Å². The molecule has 2 N–H and O–H groups in total. The van der Waals surface area contributed by atoms with Crippen molar-refractivity contribution in [1.82, 2.24) is 10.3 Å². The third-order valence-electron chi connectivity index (χ3n) is 3.38. The molecule has 1 aliphatic rings. The Bertz CT molecular complexity index is 380. The van der Waals surface area contributed by atoms with Gasteiger partial charge in [-0.25, -0.2) is 0 Å². The largest absolute Gasteiger partial charge is 0.356 e. The van der Waals surface area contributed by atoms with E-state index in [0.29, 0.717) is 11.1 Å². The van der Waals surface area contributed by atoms with Gasteiger partial charge < -0.3 is 10.3 Å². The molecule has 0 atom stereocenters. The third kappa shape index (κ3) is 2.67. The summed E-state index contributed by atoms with van der Waals surface area (Å²) in [6.07, 6.45) is 6.80. The molecule has 0 bridgehead atoms. The quantitative estimate of drug-likeness (QED) is 0.880. The zero-order valence-electron chi connectivity index (χ0n) is 9.48. The van der Waals surface area contributed by atoms with E-state index < -0.39 is 0 Å². The van der Waals surface area contributed by atoms with Gasteiger partial charge in [0.25, 0.3) is 5.91 Å². The molecule has 1 heterocycles. The number of H-pyrrole nitrogens is 1. The molecule has 0 aromatic carbocycles. The number of halogens is 1. The zero-order valence-corrected chi connectivity index (χ0v) is 11.1. The highest BCUT2D eigenvalue weighted by atomic mass is 79.9. The van der Waals surface area contributed by atoms with Gasteiger partial charge in [-0.15, -0.1) is 0 Å². The van der Waals surface area contributed by atoms with E-state index in [4.69, 9.17) is 0 Å². The van der Waals surface area contributed by atoms with Gasteiger partial charge in [-0.3, -0.25) is 4.79 Å². The minimum atomic E-state index is -0.0150. The summed E-state index contributed by atoms with van der Waals surface area (Å²) >= 11 is 3.32. The predicted octanol–water partition coefficient (Wildman–Crippen LogP) is 3.09. The van der Waals surface area contributed by atoms with Crippen molar-refractivity contribution < 1.29 is 4.79 Å². The molecular weight excluding hydrogens is 268 g/mol. The Balaban J connectivity index is 1.88. The van der Waals surface area contributed by atoms with Gasteiger partial charge in [0, 0.05) is 17.2 Å². The molecule has 0 saturated heterocycles. The summed E-state index contributed by atoms with van der Waals surface area (Å²) in [6, 6.07) is 1.80. The average molecular weight is 285 g/mol. The van der Waals surface area contributed by atoms with Gasteiger partial charge in [0.2, 0.25) is 0 Å². The highest BCUT2D eigenvalue weighted by Crippen LogP contribution is 2.36.